The Morgan fingerprint density at radius 1 is 1.19 bits per heavy atom. The van der Waals surface area contributed by atoms with Gasteiger partial charge >= 0.3 is 0 Å². The number of ether oxygens (including phenoxy) is 2. The van der Waals surface area contributed by atoms with Gasteiger partial charge in [-0.15, -0.1) is 0 Å². The molecule has 1 unspecified atom stereocenters. The molecular formula is C22H25BrO3. The van der Waals surface area contributed by atoms with Crippen LogP contribution in [-0.4, -0.2) is 17.3 Å². The van der Waals surface area contributed by atoms with E-state index < -0.39 is 11.9 Å². The minimum atomic E-state index is -0.816. The lowest BCUT2D eigenvalue weighted by Gasteiger charge is -2.43. The zero-order chi connectivity index (χ0) is 18.5. The van der Waals surface area contributed by atoms with Crippen LogP contribution in [0.1, 0.15) is 48.1 Å². The molecule has 0 amide bonds. The number of fused-ring (bicyclic) bond motifs is 2. The first-order valence-electron chi connectivity index (χ1n) is 9.25. The van der Waals surface area contributed by atoms with Crippen molar-refractivity contribution in [3.05, 3.63) is 68.7 Å². The van der Waals surface area contributed by atoms with Crippen molar-refractivity contribution < 1.29 is 14.6 Å². The smallest absolute Gasteiger partial charge is 0.198 e. The minimum absolute atomic E-state index is 0.0473. The maximum absolute atomic E-state index is 10.5. The van der Waals surface area contributed by atoms with Crippen molar-refractivity contribution in [1.82, 2.24) is 0 Å². The number of aryl methyl sites for hydroxylation is 1. The number of halogens is 1. The highest BCUT2D eigenvalue weighted by Gasteiger charge is 2.49. The molecule has 138 valence electrons. The van der Waals surface area contributed by atoms with Crippen molar-refractivity contribution >= 4 is 15.9 Å². The second kappa shape index (κ2) is 6.75. The lowest BCUT2D eigenvalue weighted by molar-refractivity contribution is -0.308. The lowest BCUT2D eigenvalue weighted by atomic mass is 9.85. The Hall–Kier alpha value is -1.20. The summed E-state index contributed by atoms with van der Waals surface area (Å²) in [5, 5.41) is 10.5. The molecule has 1 fully saturated rings. The predicted molar refractivity (Wildman–Crippen MR) is 105 cm³/mol. The number of aliphatic hydroxyl groups excluding tert-OH is 1. The molecule has 0 saturated carbocycles. The van der Waals surface area contributed by atoms with Crippen molar-refractivity contribution in [2.75, 3.05) is 0 Å². The van der Waals surface area contributed by atoms with Crippen molar-refractivity contribution in [3.63, 3.8) is 0 Å². The molecule has 2 heterocycles. The van der Waals surface area contributed by atoms with E-state index >= 15 is 0 Å². The molecule has 1 N–H and O–H groups in total. The third-order valence-corrected chi connectivity index (χ3v) is 6.60. The summed E-state index contributed by atoms with van der Waals surface area (Å²) in [4.78, 5) is 0. The average Bonchev–Trinajstić information content (AvgIpc) is 2.92. The van der Waals surface area contributed by atoms with Crippen LogP contribution in [0.4, 0.5) is 0 Å². The summed E-state index contributed by atoms with van der Waals surface area (Å²) in [5.41, 5.74) is 5.96. The molecule has 0 aliphatic carbocycles. The number of aliphatic hydroxyl groups is 1. The molecule has 1 saturated heterocycles. The van der Waals surface area contributed by atoms with E-state index in [2.05, 4.69) is 59.3 Å². The molecule has 4 rings (SSSR count). The summed E-state index contributed by atoms with van der Waals surface area (Å²) >= 11 is 3.72. The van der Waals surface area contributed by atoms with Gasteiger partial charge in [0.15, 0.2) is 5.79 Å². The molecule has 0 aromatic heterocycles. The van der Waals surface area contributed by atoms with Gasteiger partial charge in [0, 0.05) is 22.4 Å². The van der Waals surface area contributed by atoms with Crippen LogP contribution in [0.2, 0.25) is 0 Å². The second-order valence-electron chi connectivity index (χ2n) is 7.76. The molecule has 0 radical (unpaired) electrons. The van der Waals surface area contributed by atoms with E-state index in [1.165, 1.54) is 16.7 Å². The predicted octanol–water partition coefficient (Wildman–Crippen LogP) is 4.84. The van der Waals surface area contributed by atoms with Gasteiger partial charge in [-0.1, -0.05) is 52.7 Å². The van der Waals surface area contributed by atoms with E-state index in [0.717, 1.165) is 22.0 Å². The van der Waals surface area contributed by atoms with E-state index in [0.29, 0.717) is 13.0 Å². The number of benzene rings is 2. The van der Waals surface area contributed by atoms with Crippen molar-refractivity contribution in [3.8, 4) is 0 Å². The van der Waals surface area contributed by atoms with E-state index in [-0.39, 0.29) is 12.0 Å². The molecule has 3 nitrogen and oxygen atoms in total. The first kappa shape index (κ1) is 18.2. The first-order valence-corrected chi connectivity index (χ1v) is 10.0. The Balaban J connectivity index is 1.69. The summed E-state index contributed by atoms with van der Waals surface area (Å²) in [5.74, 6) is -0.709. The summed E-state index contributed by atoms with van der Waals surface area (Å²) in [7, 11) is 0. The second-order valence-corrected chi connectivity index (χ2v) is 8.61. The molecule has 2 aromatic carbocycles. The summed E-state index contributed by atoms with van der Waals surface area (Å²) in [6.45, 7) is 6.67. The Kier molecular flexibility index (Phi) is 4.72. The first-order chi connectivity index (χ1) is 12.4. The number of rotatable bonds is 2. The van der Waals surface area contributed by atoms with Gasteiger partial charge < -0.3 is 14.6 Å². The van der Waals surface area contributed by atoms with E-state index in [4.69, 9.17) is 9.47 Å². The SMILES string of the molecule is Cc1ccc(Cc2cc3c(cc2Br)CO[C@@]32C[C@@H](O)C(C)[C@@H](C)O2)cc1. The van der Waals surface area contributed by atoms with Crippen LogP contribution < -0.4 is 0 Å². The Morgan fingerprint density at radius 3 is 2.62 bits per heavy atom. The fraction of sp³-hybridized carbons (Fsp3) is 0.455. The molecule has 2 aliphatic heterocycles. The van der Waals surface area contributed by atoms with E-state index in [9.17, 15) is 5.11 Å². The molecular weight excluding hydrogens is 392 g/mol. The highest BCUT2D eigenvalue weighted by Crippen LogP contribution is 2.48. The maximum Gasteiger partial charge on any atom is 0.198 e. The van der Waals surface area contributed by atoms with E-state index in [1.54, 1.807) is 0 Å². The van der Waals surface area contributed by atoms with Crippen molar-refractivity contribution in [2.24, 2.45) is 5.92 Å². The molecule has 0 bridgehead atoms. The lowest BCUT2D eigenvalue weighted by Crippen LogP contribution is -2.48. The largest absolute Gasteiger partial charge is 0.393 e. The summed E-state index contributed by atoms with van der Waals surface area (Å²) in [6.07, 6.45) is 0.860. The zero-order valence-corrected chi connectivity index (χ0v) is 17.0. The molecule has 4 atom stereocenters. The van der Waals surface area contributed by atoms with Gasteiger partial charge in [-0.05, 0) is 49.1 Å². The average molecular weight is 417 g/mol. The van der Waals surface area contributed by atoms with Crippen LogP contribution >= 0.6 is 15.9 Å². The van der Waals surface area contributed by atoms with Gasteiger partial charge in [0.25, 0.3) is 0 Å². The van der Waals surface area contributed by atoms with Gasteiger partial charge in [-0.25, -0.2) is 0 Å². The van der Waals surface area contributed by atoms with Crippen LogP contribution in [0, 0.1) is 12.8 Å². The monoisotopic (exact) mass is 416 g/mol. The minimum Gasteiger partial charge on any atom is -0.393 e. The van der Waals surface area contributed by atoms with Gasteiger partial charge in [0.05, 0.1) is 18.8 Å². The highest BCUT2D eigenvalue weighted by atomic mass is 79.9. The third kappa shape index (κ3) is 3.13. The normalized spacial score (nSPS) is 30.6. The number of hydrogen-bond donors (Lipinski definition) is 1. The van der Waals surface area contributed by atoms with E-state index in [1.807, 2.05) is 13.8 Å². The van der Waals surface area contributed by atoms with Crippen LogP contribution in [0.3, 0.4) is 0 Å². The molecule has 2 aromatic rings. The molecule has 26 heavy (non-hydrogen) atoms. The van der Waals surface area contributed by atoms with Crippen LogP contribution in [0.15, 0.2) is 40.9 Å². The van der Waals surface area contributed by atoms with Gasteiger partial charge in [-0.3, -0.25) is 0 Å². The molecule has 4 heteroatoms. The Bertz CT molecular complexity index is 803. The summed E-state index contributed by atoms with van der Waals surface area (Å²) < 4.78 is 13.5. The molecule has 1 spiro atoms. The van der Waals surface area contributed by atoms with Crippen LogP contribution in [0.5, 0.6) is 0 Å². The third-order valence-electron chi connectivity index (χ3n) is 5.86. The Morgan fingerprint density at radius 2 is 1.92 bits per heavy atom. The van der Waals surface area contributed by atoms with Gasteiger partial charge in [-0.2, -0.15) is 0 Å². The fourth-order valence-electron chi connectivity index (χ4n) is 3.96. The maximum atomic E-state index is 10.5. The fourth-order valence-corrected chi connectivity index (χ4v) is 4.49. The number of hydrogen-bond acceptors (Lipinski definition) is 3. The highest BCUT2D eigenvalue weighted by molar-refractivity contribution is 9.10. The quantitative estimate of drug-likeness (QED) is 0.760. The molecule has 2 aliphatic rings. The zero-order valence-electron chi connectivity index (χ0n) is 15.5. The van der Waals surface area contributed by atoms with Crippen molar-refractivity contribution in [2.45, 2.75) is 58.2 Å². The summed E-state index contributed by atoms with van der Waals surface area (Å²) in [6, 6.07) is 13.0. The standard InChI is InChI=1S/C22H25BrO3/c1-13-4-6-16(7-5-13)8-17-9-19-18(10-20(17)23)12-25-22(19)11-21(24)14(2)15(3)26-22/h4-7,9-10,14-15,21,24H,8,11-12H2,1-3H3/t14?,15-,21-,22-/m1/s1. The Labute approximate surface area is 163 Å². The van der Waals surface area contributed by atoms with Gasteiger partial charge in [0.1, 0.15) is 0 Å². The van der Waals surface area contributed by atoms with Crippen LogP contribution in [-0.2, 0) is 28.3 Å². The van der Waals surface area contributed by atoms with Crippen molar-refractivity contribution in [1.29, 1.82) is 0 Å². The topological polar surface area (TPSA) is 38.7 Å². The van der Waals surface area contributed by atoms with Crippen LogP contribution in [0.25, 0.3) is 0 Å². The van der Waals surface area contributed by atoms with Gasteiger partial charge in [0.2, 0.25) is 0 Å².